The van der Waals surface area contributed by atoms with Crippen molar-refractivity contribution in [2.75, 3.05) is 7.11 Å². The smallest absolute Gasteiger partial charge is 0.407 e. The predicted octanol–water partition coefficient (Wildman–Crippen LogP) is 4.81. The zero-order chi connectivity index (χ0) is 19.8. The molecule has 6 nitrogen and oxygen atoms in total. The van der Waals surface area contributed by atoms with Crippen LogP contribution in [-0.4, -0.2) is 35.4 Å². The Balaban J connectivity index is 1.75. The van der Waals surface area contributed by atoms with Crippen LogP contribution in [0.4, 0.5) is 4.79 Å². The summed E-state index contributed by atoms with van der Waals surface area (Å²) in [5.41, 5.74) is 1.08. The van der Waals surface area contributed by atoms with E-state index in [2.05, 4.69) is 25.8 Å². The van der Waals surface area contributed by atoms with Gasteiger partial charge in [0.2, 0.25) is 0 Å². The number of nitrogens with one attached hydrogen (secondary N) is 1. The van der Waals surface area contributed by atoms with Crippen molar-refractivity contribution in [3.63, 3.8) is 0 Å². The number of methoxy groups -OCH3 is 1. The first-order valence-electron chi connectivity index (χ1n) is 9.06. The van der Waals surface area contributed by atoms with Crippen LogP contribution >= 0.6 is 15.9 Å². The summed E-state index contributed by atoms with van der Waals surface area (Å²) in [6.07, 6.45) is 4.39. The van der Waals surface area contributed by atoms with Crippen molar-refractivity contribution >= 4 is 38.9 Å². The Morgan fingerprint density at radius 1 is 1.26 bits per heavy atom. The molecule has 0 spiro atoms. The predicted molar refractivity (Wildman–Crippen MR) is 107 cm³/mol. The molecule has 2 atom stereocenters. The number of benzene rings is 1. The largest absolute Gasteiger partial charge is 0.465 e. The highest BCUT2D eigenvalue weighted by Gasteiger charge is 2.29. The lowest BCUT2D eigenvalue weighted by Gasteiger charge is -2.22. The Bertz CT molecular complexity index is 869. The highest BCUT2D eigenvalue weighted by molar-refractivity contribution is 9.10. The Hall–Kier alpha value is -2.02. The number of alkyl carbamates (subject to hydrolysis) is 1. The van der Waals surface area contributed by atoms with Gasteiger partial charge in [0, 0.05) is 33.7 Å². The molecule has 1 aliphatic carbocycles. The van der Waals surface area contributed by atoms with Crippen LogP contribution in [0.3, 0.4) is 0 Å². The fourth-order valence-electron chi connectivity index (χ4n) is 3.58. The molecule has 0 aliphatic heterocycles. The number of hydrogen-bond acceptors (Lipinski definition) is 4. The molecule has 1 aromatic carbocycles. The number of halogens is 1. The van der Waals surface area contributed by atoms with Gasteiger partial charge in [-0.3, -0.25) is 0 Å². The van der Waals surface area contributed by atoms with Gasteiger partial charge >= 0.3 is 12.1 Å². The van der Waals surface area contributed by atoms with Crippen LogP contribution in [0.25, 0.3) is 10.9 Å². The maximum absolute atomic E-state index is 12.0. The first-order chi connectivity index (χ1) is 12.7. The maximum atomic E-state index is 12.0. The highest BCUT2D eigenvalue weighted by atomic mass is 79.9. The van der Waals surface area contributed by atoms with Gasteiger partial charge in [0.25, 0.3) is 0 Å². The van der Waals surface area contributed by atoms with Gasteiger partial charge in [0.1, 0.15) is 5.60 Å². The van der Waals surface area contributed by atoms with Gasteiger partial charge in [0.15, 0.2) is 0 Å². The van der Waals surface area contributed by atoms with E-state index in [4.69, 9.17) is 9.47 Å². The van der Waals surface area contributed by atoms with Crippen LogP contribution in [0.2, 0.25) is 0 Å². The molecule has 146 valence electrons. The molecule has 1 fully saturated rings. The molecule has 1 amide bonds. The van der Waals surface area contributed by atoms with Crippen LogP contribution in [0, 0.1) is 0 Å². The zero-order valence-corrected chi connectivity index (χ0v) is 17.6. The average Bonchev–Trinajstić information content (AvgIpc) is 3.16. The number of fused-ring (bicyclic) bond motifs is 1. The molecular formula is C20H25BrN2O4. The number of ether oxygens (including phenoxy) is 2. The van der Waals surface area contributed by atoms with Gasteiger partial charge in [-0.2, -0.15) is 0 Å². The van der Waals surface area contributed by atoms with Crippen LogP contribution in [0.1, 0.15) is 56.4 Å². The van der Waals surface area contributed by atoms with E-state index in [0.717, 1.165) is 34.6 Å². The molecule has 1 aliphatic rings. The fourth-order valence-corrected chi connectivity index (χ4v) is 4.11. The summed E-state index contributed by atoms with van der Waals surface area (Å²) in [4.78, 5) is 23.8. The van der Waals surface area contributed by atoms with Crippen molar-refractivity contribution in [2.24, 2.45) is 0 Å². The van der Waals surface area contributed by atoms with E-state index in [1.807, 2.05) is 39.1 Å². The number of carbonyl (C=O) groups is 2. The quantitative estimate of drug-likeness (QED) is 0.700. The second-order valence-electron chi connectivity index (χ2n) is 7.92. The lowest BCUT2D eigenvalue weighted by Crippen LogP contribution is -2.38. The summed E-state index contributed by atoms with van der Waals surface area (Å²) < 4.78 is 13.3. The van der Waals surface area contributed by atoms with Gasteiger partial charge in [-0.05, 0) is 74.2 Å². The molecule has 1 saturated carbocycles. The van der Waals surface area contributed by atoms with Crippen molar-refractivity contribution in [1.82, 2.24) is 9.88 Å². The minimum Gasteiger partial charge on any atom is -0.465 e. The van der Waals surface area contributed by atoms with Crippen LogP contribution in [-0.2, 0) is 9.47 Å². The first-order valence-corrected chi connectivity index (χ1v) is 9.85. The summed E-state index contributed by atoms with van der Waals surface area (Å²) in [6, 6.07) is 5.94. The van der Waals surface area contributed by atoms with E-state index >= 15 is 0 Å². The van der Waals surface area contributed by atoms with Crippen molar-refractivity contribution in [3.05, 3.63) is 34.4 Å². The number of aromatic nitrogens is 1. The van der Waals surface area contributed by atoms with Crippen molar-refractivity contribution < 1.29 is 19.1 Å². The average molecular weight is 437 g/mol. The number of nitrogens with zero attached hydrogens (tertiary/aromatic N) is 1. The molecule has 2 aromatic rings. The van der Waals surface area contributed by atoms with Gasteiger partial charge in [0.05, 0.1) is 12.7 Å². The lowest BCUT2D eigenvalue weighted by atomic mass is 10.1. The van der Waals surface area contributed by atoms with Crippen LogP contribution in [0.15, 0.2) is 28.9 Å². The molecule has 1 heterocycles. The summed E-state index contributed by atoms with van der Waals surface area (Å²) in [7, 11) is 1.38. The van der Waals surface area contributed by atoms with Gasteiger partial charge < -0.3 is 19.4 Å². The van der Waals surface area contributed by atoms with E-state index in [1.165, 1.54) is 7.11 Å². The minimum atomic E-state index is -0.499. The number of hydrogen-bond donors (Lipinski definition) is 1. The van der Waals surface area contributed by atoms with E-state index in [1.54, 1.807) is 6.07 Å². The number of esters is 1. The molecule has 7 heteroatoms. The topological polar surface area (TPSA) is 69.6 Å². The second kappa shape index (κ2) is 7.54. The molecule has 3 rings (SSSR count). The van der Waals surface area contributed by atoms with Gasteiger partial charge in [-0.25, -0.2) is 9.59 Å². The number of carbonyl (C=O) groups excluding carboxylic acids is 2. The SMILES string of the molecule is COC(=O)c1ccc2c(c1)c(Br)cn2C1CC[C@@H](NC(=O)OC(C)(C)C)C1. The van der Waals surface area contributed by atoms with E-state index in [9.17, 15) is 9.59 Å². The van der Waals surface area contributed by atoms with E-state index in [0.29, 0.717) is 5.56 Å². The third-order valence-electron chi connectivity index (χ3n) is 4.72. The molecule has 1 aromatic heterocycles. The van der Waals surface area contributed by atoms with Crippen LogP contribution < -0.4 is 5.32 Å². The Morgan fingerprint density at radius 2 is 2.00 bits per heavy atom. The maximum Gasteiger partial charge on any atom is 0.407 e. The van der Waals surface area contributed by atoms with Gasteiger partial charge in [-0.15, -0.1) is 0 Å². The molecular weight excluding hydrogens is 412 g/mol. The summed E-state index contributed by atoms with van der Waals surface area (Å²) in [5.74, 6) is -0.348. The summed E-state index contributed by atoms with van der Waals surface area (Å²) >= 11 is 3.60. The third-order valence-corrected chi connectivity index (χ3v) is 5.36. The fraction of sp³-hybridized carbons (Fsp3) is 0.500. The first kappa shape index (κ1) is 19.7. The zero-order valence-electron chi connectivity index (χ0n) is 16.0. The molecule has 1 N–H and O–H groups in total. The number of rotatable bonds is 3. The normalized spacial score (nSPS) is 19.9. The van der Waals surface area contributed by atoms with Crippen LogP contribution in [0.5, 0.6) is 0 Å². The molecule has 0 bridgehead atoms. The molecule has 0 saturated heterocycles. The Kier molecular flexibility index (Phi) is 5.51. The number of amides is 1. The Morgan fingerprint density at radius 3 is 2.67 bits per heavy atom. The summed E-state index contributed by atoms with van der Waals surface area (Å²) in [5, 5.41) is 3.95. The van der Waals surface area contributed by atoms with Gasteiger partial charge in [-0.1, -0.05) is 0 Å². The second-order valence-corrected chi connectivity index (χ2v) is 8.77. The molecule has 1 unspecified atom stereocenters. The molecule has 27 heavy (non-hydrogen) atoms. The standard InChI is InChI=1S/C20H25BrN2O4/c1-20(2,3)27-19(25)22-13-6-7-14(10-13)23-11-16(21)15-9-12(18(24)26-4)5-8-17(15)23/h5,8-9,11,13-14H,6-7,10H2,1-4H3,(H,22,25)/t13-,14?/m1/s1. The minimum absolute atomic E-state index is 0.0930. The van der Waals surface area contributed by atoms with E-state index < -0.39 is 5.60 Å². The lowest BCUT2D eigenvalue weighted by molar-refractivity contribution is 0.0503. The van der Waals surface area contributed by atoms with Crippen molar-refractivity contribution in [2.45, 2.75) is 57.7 Å². The highest BCUT2D eigenvalue weighted by Crippen LogP contribution is 2.36. The molecule has 0 radical (unpaired) electrons. The monoisotopic (exact) mass is 436 g/mol. The third kappa shape index (κ3) is 4.46. The van der Waals surface area contributed by atoms with Crippen molar-refractivity contribution in [3.8, 4) is 0 Å². The van der Waals surface area contributed by atoms with Crippen molar-refractivity contribution in [1.29, 1.82) is 0 Å². The summed E-state index contributed by atoms with van der Waals surface area (Å²) in [6.45, 7) is 5.57. The van der Waals surface area contributed by atoms with E-state index in [-0.39, 0.29) is 24.1 Å². The Labute approximate surface area is 167 Å².